The molecule has 0 aliphatic carbocycles. The number of nitrogens with zero attached hydrogens (tertiary/aromatic N) is 1. The monoisotopic (exact) mass is 312 g/mol. The molecule has 0 aromatic heterocycles. The molecule has 1 fully saturated rings. The molecule has 1 N–H and O–H groups in total. The lowest BCUT2D eigenvalue weighted by atomic mass is 9.97. The van der Waals surface area contributed by atoms with Crippen LogP contribution in [0.15, 0.2) is 18.2 Å². The molecule has 118 valence electrons. The van der Waals surface area contributed by atoms with Crippen molar-refractivity contribution in [1.82, 2.24) is 10.2 Å². The molecule has 0 saturated carbocycles. The topological polar surface area (TPSA) is 15.3 Å². The summed E-state index contributed by atoms with van der Waals surface area (Å²) < 4.78 is 13.8. The second kappa shape index (κ2) is 8.11. The van der Waals surface area contributed by atoms with Gasteiger partial charge in [0, 0.05) is 23.7 Å². The summed E-state index contributed by atoms with van der Waals surface area (Å²) in [6.07, 6.45) is 2.45. The first-order chi connectivity index (χ1) is 10.0. The first-order valence-corrected chi connectivity index (χ1v) is 8.29. The quantitative estimate of drug-likeness (QED) is 0.856. The number of piperidine rings is 1. The van der Waals surface area contributed by atoms with E-state index < -0.39 is 0 Å². The van der Waals surface area contributed by atoms with Crippen molar-refractivity contribution >= 4 is 11.6 Å². The van der Waals surface area contributed by atoms with Crippen LogP contribution in [0.1, 0.15) is 32.3 Å². The third kappa shape index (κ3) is 5.57. The van der Waals surface area contributed by atoms with Crippen molar-refractivity contribution in [3.05, 3.63) is 34.6 Å². The molecule has 0 bridgehead atoms. The van der Waals surface area contributed by atoms with E-state index in [1.165, 1.54) is 18.9 Å². The maximum atomic E-state index is 13.8. The van der Waals surface area contributed by atoms with E-state index in [4.69, 9.17) is 11.6 Å². The Morgan fingerprint density at radius 3 is 3.00 bits per heavy atom. The van der Waals surface area contributed by atoms with Gasteiger partial charge in [0.2, 0.25) is 0 Å². The summed E-state index contributed by atoms with van der Waals surface area (Å²) in [6, 6.07) is 4.82. The Hall–Kier alpha value is -0.640. The minimum Gasteiger partial charge on any atom is -0.316 e. The van der Waals surface area contributed by atoms with Crippen molar-refractivity contribution in [3.63, 3.8) is 0 Å². The van der Waals surface area contributed by atoms with E-state index in [0.29, 0.717) is 29.0 Å². The van der Waals surface area contributed by atoms with E-state index in [2.05, 4.69) is 24.1 Å². The van der Waals surface area contributed by atoms with Gasteiger partial charge < -0.3 is 5.32 Å². The van der Waals surface area contributed by atoms with Crippen LogP contribution in [-0.4, -0.2) is 31.1 Å². The van der Waals surface area contributed by atoms with Gasteiger partial charge in [0.15, 0.2) is 0 Å². The van der Waals surface area contributed by atoms with Crippen LogP contribution in [0, 0.1) is 17.7 Å². The van der Waals surface area contributed by atoms with Gasteiger partial charge in [-0.2, -0.15) is 0 Å². The van der Waals surface area contributed by atoms with Gasteiger partial charge in [-0.1, -0.05) is 25.4 Å². The lowest BCUT2D eigenvalue weighted by Crippen LogP contribution is -2.40. The average molecular weight is 313 g/mol. The molecule has 0 radical (unpaired) electrons. The highest BCUT2D eigenvalue weighted by molar-refractivity contribution is 6.30. The number of nitrogens with one attached hydrogen (secondary N) is 1. The van der Waals surface area contributed by atoms with E-state index in [0.717, 1.165) is 26.2 Å². The van der Waals surface area contributed by atoms with E-state index >= 15 is 0 Å². The summed E-state index contributed by atoms with van der Waals surface area (Å²) >= 11 is 5.97. The second-order valence-electron chi connectivity index (χ2n) is 6.53. The Morgan fingerprint density at radius 2 is 2.24 bits per heavy atom. The number of benzene rings is 1. The maximum absolute atomic E-state index is 13.8. The number of likely N-dealkylation sites (tertiary alicyclic amines) is 1. The van der Waals surface area contributed by atoms with Crippen molar-refractivity contribution in [2.75, 3.05) is 26.2 Å². The third-order valence-corrected chi connectivity index (χ3v) is 4.23. The molecule has 1 aliphatic rings. The number of hydrogen-bond donors (Lipinski definition) is 1. The van der Waals surface area contributed by atoms with Crippen LogP contribution in [-0.2, 0) is 6.54 Å². The van der Waals surface area contributed by atoms with Crippen LogP contribution in [0.5, 0.6) is 0 Å². The fourth-order valence-corrected chi connectivity index (χ4v) is 3.14. The van der Waals surface area contributed by atoms with Crippen LogP contribution < -0.4 is 5.32 Å². The maximum Gasteiger partial charge on any atom is 0.127 e. The van der Waals surface area contributed by atoms with Gasteiger partial charge in [-0.25, -0.2) is 4.39 Å². The zero-order valence-electron chi connectivity index (χ0n) is 13.0. The molecule has 2 rings (SSSR count). The van der Waals surface area contributed by atoms with Crippen molar-refractivity contribution in [3.8, 4) is 0 Å². The van der Waals surface area contributed by atoms with Gasteiger partial charge in [0.1, 0.15) is 5.82 Å². The lowest BCUT2D eigenvalue weighted by molar-refractivity contribution is 0.163. The fraction of sp³-hybridized carbons (Fsp3) is 0.647. The predicted octanol–water partition coefficient (Wildman–Crippen LogP) is 3.94. The van der Waals surface area contributed by atoms with Crippen molar-refractivity contribution < 1.29 is 4.39 Å². The summed E-state index contributed by atoms with van der Waals surface area (Å²) in [4.78, 5) is 2.35. The Balaban J connectivity index is 1.84. The van der Waals surface area contributed by atoms with Gasteiger partial charge in [-0.3, -0.25) is 4.90 Å². The number of hydrogen-bond acceptors (Lipinski definition) is 2. The molecular weight excluding hydrogens is 287 g/mol. The first kappa shape index (κ1) is 16.7. The highest BCUT2D eigenvalue weighted by atomic mass is 35.5. The summed E-state index contributed by atoms with van der Waals surface area (Å²) in [5.74, 6) is 1.20. The van der Waals surface area contributed by atoms with Crippen LogP contribution in [0.3, 0.4) is 0 Å². The molecule has 1 aromatic rings. The van der Waals surface area contributed by atoms with Gasteiger partial charge in [-0.05, 0) is 62.5 Å². The van der Waals surface area contributed by atoms with Gasteiger partial charge in [0.25, 0.3) is 0 Å². The highest BCUT2D eigenvalue weighted by Crippen LogP contribution is 2.21. The standard InChI is InChI=1S/C17H26ClFN2/c1-13(2)9-20-10-14-4-3-7-21(11-14)12-15-8-16(18)5-6-17(15)19/h5-6,8,13-14,20H,3-4,7,9-12H2,1-2H3. The third-order valence-electron chi connectivity index (χ3n) is 3.99. The van der Waals surface area contributed by atoms with Crippen molar-refractivity contribution in [2.45, 2.75) is 33.2 Å². The van der Waals surface area contributed by atoms with Crippen LogP contribution >= 0.6 is 11.6 Å². The Morgan fingerprint density at radius 1 is 1.43 bits per heavy atom. The van der Waals surface area contributed by atoms with Crippen molar-refractivity contribution in [2.24, 2.45) is 11.8 Å². The molecule has 1 saturated heterocycles. The molecule has 2 nitrogen and oxygen atoms in total. The van der Waals surface area contributed by atoms with E-state index in [1.807, 2.05) is 0 Å². The molecule has 1 unspecified atom stereocenters. The molecule has 1 aliphatic heterocycles. The Labute approximate surface area is 132 Å². The summed E-state index contributed by atoms with van der Waals surface area (Å²) in [6.45, 7) is 9.33. The van der Waals surface area contributed by atoms with Gasteiger partial charge in [0.05, 0.1) is 0 Å². The molecular formula is C17H26ClFN2. The summed E-state index contributed by atoms with van der Waals surface area (Å²) in [5, 5.41) is 4.15. The molecule has 1 atom stereocenters. The van der Waals surface area contributed by atoms with Gasteiger partial charge >= 0.3 is 0 Å². The largest absolute Gasteiger partial charge is 0.316 e. The van der Waals surface area contributed by atoms with Crippen LogP contribution in [0.25, 0.3) is 0 Å². The number of rotatable bonds is 6. The number of halogens is 2. The smallest absolute Gasteiger partial charge is 0.127 e. The molecule has 4 heteroatoms. The van der Waals surface area contributed by atoms with E-state index in [1.54, 1.807) is 12.1 Å². The molecule has 1 heterocycles. The zero-order valence-corrected chi connectivity index (χ0v) is 13.8. The highest BCUT2D eigenvalue weighted by Gasteiger charge is 2.20. The molecule has 1 aromatic carbocycles. The fourth-order valence-electron chi connectivity index (χ4n) is 2.94. The average Bonchev–Trinajstić information content (AvgIpc) is 2.43. The Kier molecular flexibility index (Phi) is 6.46. The normalized spacial score (nSPS) is 20.1. The first-order valence-electron chi connectivity index (χ1n) is 7.91. The van der Waals surface area contributed by atoms with Crippen LogP contribution in [0.4, 0.5) is 4.39 Å². The molecule has 0 spiro atoms. The second-order valence-corrected chi connectivity index (χ2v) is 6.97. The predicted molar refractivity (Wildman–Crippen MR) is 87.1 cm³/mol. The minimum atomic E-state index is -0.153. The van der Waals surface area contributed by atoms with E-state index in [9.17, 15) is 4.39 Å². The SMILES string of the molecule is CC(C)CNCC1CCCN(Cc2cc(Cl)ccc2F)C1. The zero-order chi connectivity index (χ0) is 15.2. The lowest BCUT2D eigenvalue weighted by Gasteiger charge is -2.33. The van der Waals surface area contributed by atoms with E-state index in [-0.39, 0.29) is 5.82 Å². The summed E-state index contributed by atoms with van der Waals surface area (Å²) in [5.41, 5.74) is 0.707. The van der Waals surface area contributed by atoms with Crippen molar-refractivity contribution in [1.29, 1.82) is 0 Å². The van der Waals surface area contributed by atoms with Crippen LogP contribution in [0.2, 0.25) is 5.02 Å². The Bertz CT molecular complexity index is 450. The molecule has 0 amide bonds. The molecule has 21 heavy (non-hydrogen) atoms. The minimum absolute atomic E-state index is 0.153. The summed E-state index contributed by atoms with van der Waals surface area (Å²) in [7, 11) is 0. The van der Waals surface area contributed by atoms with Gasteiger partial charge in [-0.15, -0.1) is 0 Å².